The number of hydrogen-bond acceptors (Lipinski definition) is 2. The Labute approximate surface area is 155 Å². The predicted molar refractivity (Wildman–Crippen MR) is 105 cm³/mol. The van der Waals surface area contributed by atoms with Crippen LogP contribution in [0.5, 0.6) is 0 Å². The van der Waals surface area contributed by atoms with Gasteiger partial charge < -0.3 is 0 Å². The van der Waals surface area contributed by atoms with Gasteiger partial charge in [-0.2, -0.15) is 0 Å². The van der Waals surface area contributed by atoms with Gasteiger partial charge in [-0.1, -0.05) is 84.9 Å². The van der Waals surface area contributed by atoms with E-state index >= 15 is 0 Å². The maximum Gasteiger partial charge on any atom is 0.0926 e. The predicted octanol–water partition coefficient (Wildman–Crippen LogP) is 5.84. The molecule has 3 aromatic carbocycles. The molecule has 0 amide bonds. The van der Waals surface area contributed by atoms with Crippen LogP contribution >= 0.6 is 0 Å². The maximum absolute atomic E-state index is 2.67. The molecule has 2 unspecified atom stereocenters. The fraction of sp³-hybridized carbons (Fsp3) is 0.250. The Bertz CT molecular complexity index is 804. The average molecular weight is 340 g/mol. The highest BCUT2D eigenvalue weighted by atomic mass is 15.6. The minimum Gasteiger partial charge on any atom is -0.257 e. The molecule has 5 aliphatic heterocycles. The van der Waals surface area contributed by atoms with Gasteiger partial charge in [-0.3, -0.25) is 9.80 Å². The summed E-state index contributed by atoms with van der Waals surface area (Å²) in [6.45, 7) is 4.68. The number of hydrogen-bond donors (Lipinski definition) is 0. The van der Waals surface area contributed by atoms with Crippen molar-refractivity contribution in [2.24, 2.45) is 0 Å². The van der Waals surface area contributed by atoms with Gasteiger partial charge in [-0.25, -0.2) is 0 Å². The minimum absolute atomic E-state index is 0.331. The SMILES string of the molecule is CC(c1ccccc1)N1C2c3ccc(cc3)C1N2C(C)c1ccccc1. The lowest BCUT2D eigenvalue weighted by Gasteiger charge is -2.61. The van der Waals surface area contributed by atoms with Gasteiger partial charge in [0.2, 0.25) is 0 Å². The molecule has 0 radical (unpaired) electrons. The lowest BCUT2D eigenvalue weighted by Crippen LogP contribution is -2.59. The van der Waals surface area contributed by atoms with E-state index in [1.54, 1.807) is 0 Å². The van der Waals surface area contributed by atoms with Crippen LogP contribution in [0.15, 0.2) is 84.9 Å². The maximum atomic E-state index is 2.67. The molecule has 130 valence electrons. The Morgan fingerprint density at radius 3 is 1.23 bits per heavy atom. The fourth-order valence-corrected chi connectivity index (χ4v) is 4.69. The molecule has 2 heteroatoms. The summed E-state index contributed by atoms with van der Waals surface area (Å²) in [5.74, 6) is 0. The van der Waals surface area contributed by atoms with E-state index in [9.17, 15) is 0 Å². The van der Waals surface area contributed by atoms with Gasteiger partial charge in [0.1, 0.15) is 0 Å². The Morgan fingerprint density at radius 2 is 0.885 bits per heavy atom. The molecule has 1 saturated heterocycles. The highest BCUT2D eigenvalue weighted by Crippen LogP contribution is 2.58. The second-order valence-corrected chi connectivity index (χ2v) is 7.48. The number of nitrogens with zero attached hydrogens (tertiary/aromatic N) is 2. The van der Waals surface area contributed by atoms with Crippen molar-refractivity contribution in [2.45, 2.75) is 38.3 Å². The summed E-state index contributed by atoms with van der Waals surface area (Å²) in [5.41, 5.74) is 5.56. The molecule has 2 nitrogen and oxygen atoms in total. The van der Waals surface area contributed by atoms with E-state index in [-0.39, 0.29) is 0 Å². The molecule has 0 saturated carbocycles. The molecular weight excluding hydrogens is 316 g/mol. The van der Waals surface area contributed by atoms with Crippen molar-refractivity contribution < 1.29 is 0 Å². The lowest BCUT2D eigenvalue weighted by atomic mass is 9.95. The largest absolute Gasteiger partial charge is 0.257 e. The quantitative estimate of drug-likeness (QED) is 0.589. The molecule has 5 heterocycles. The summed E-state index contributed by atoms with van der Waals surface area (Å²) in [6, 6.07) is 31.8. The first-order valence-electron chi connectivity index (χ1n) is 9.50. The molecule has 4 bridgehead atoms. The third-order valence-electron chi connectivity index (χ3n) is 6.12. The first kappa shape index (κ1) is 15.8. The van der Waals surface area contributed by atoms with Crippen LogP contribution < -0.4 is 0 Å². The Kier molecular flexibility index (Phi) is 3.70. The number of benzene rings is 3. The molecule has 2 atom stereocenters. The minimum atomic E-state index is 0.331. The molecular formula is C24H24N2. The molecule has 1 fully saturated rings. The van der Waals surface area contributed by atoms with Crippen molar-refractivity contribution in [3.63, 3.8) is 0 Å². The molecule has 3 aromatic rings. The molecule has 0 aromatic heterocycles. The van der Waals surface area contributed by atoms with Crippen LogP contribution in [0.2, 0.25) is 0 Å². The van der Waals surface area contributed by atoms with Crippen LogP contribution in [0.25, 0.3) is 0 Å². The van der Waals surface area contributed by atoms with E-state index in [0.29, 0.717) is 24.4 Å². The van der Waals surface area contributed by atoms with Crippen molar-refractivity contribution in [2.75, 3.05) is 0 Å². The van der Waals surface area contributed by atoms with E-state index in [1.807, 2.05) is 0 Å². The summed E-state index contributed by atoms with van der Waals surface area (Å²) in [4.78, 5) is 5.33. The van der Waals surface area contributed by atoms with Crippen molar-refractivity contribution >= 4 is 0 Å². The van der Waals surface area contributed by atoms with Gasteiger partial charge in [-0.15, -0.1) is 0 Å². The Morgan fingerprint density at radius 1 is 0.538 bits per heavy atom. The fourth-order valence-electron chi connectivity index (χ4n) is 4.69. The first-order chi connectivity index (χ1) is 12.8. The van der Waals surface area contributed by atoms with E-state index in [1.165, 1.54) is 22.3 Å². The van der Waals surface area contributed by atoms with E-state index in [4.69, 9.17) is 0 Å². The zero-order valence-electron chi connectivity index (χ0n) is 15.3. The number of rotatable bonds is 4. The molecule has 5 aliphatic rings. The standard InChI is InChI=1S/C24H24N2/c1-17(19-9-5-3-6-10-19)25-23-21-13-14-22(16-15-21)24(25)26(23)18(2)20-11-7-4-8-12-20/h3-18,23-24H,1-2H3. The van der Waals surface area contributed by atoms with Crippen molar-refractivity contribution in [3.8, 4) is 0 Å². The van der Waals surface area contributed by atoms with Gasteiger partial charge in [0.05, 0.1) is 12.3 Å². The van der Waals surface area contributed by atoms with E-state index < -0.39 is 0 Å². The van der Waals surface area contributed by atoms with Crippen molar-refractivity contribution in [1.29, 1.82) is 0 Å². The third-order valence-corrected chi connectivity index (χ3v) is 6.12. The van der Waals surface area contributed by atoms with Crippen LogP contribution in [0.1, 0.15) is 60.5 Å². The van der Waals surface area contributed by atoms with E-state index in [0.717, 1.165) is 0 Å². The highest BCUT2D eigenvalue weighted by molar-refractivity contribution is 5.38. The van der Waals surface area contributed by atoms with Gasteiger partial charge in [-0.05, 0) is 36.1 Å². The summed E-state index contributed by atoms with van der Waals surface area (Å²) < 4.78 is 0. The Hall–Kier alpha value is -2.42. The zero-order chi connectivity index (χ0) is 17.7. The Balaban J connectivity index is 1.54. The second-order valence-electron chi connectivity index (χ2n) is 7.48. The van der Waals surface area contributed by atoms with Crippen LogP contribution in [-0.2, 0) is 0 Å². The van der Waals surface area contributed by atoms with Gasteiger partial charge in [0.25, 0.3) is 0 Å². The normalized spacial score (nSPS) is 23.9. The molecule has 0 aliphatic carbocycles. The van der Waals surface area contributed by atoms with Gasteiger partial charge >= 0.3 is 0 Å². The average Bonchev–Trinajstić information content (AvgIpc) is 3.09. The lowest BCUT2D eigenvalue weighted by molar-refractivity contribution is -0.220. The smallest absolute Gasteiger partial charge is 0.0926 e. The molecule has 0 N–H and O–H groups in total. The zero-order valence-corrected chi connectivity index (χ0v) is 15.3. The van der Waals surface area contributed by atoms with Gasteiger partial charge in [0, 0.05) is 12.1 Å². The van der Waals surface area contributed by atoms with Crippen LogP contribution in [-0.4, -0.2) is 9.80 Å². The monoisotopic (exact) mass is 340 g/mol. The van der Waals surface area contributed by atoms with Crippen LogP contribution in [0.3, 0.4) is 0 Å². The van der Waals surface area contributed by atoms with Crippen LogP contribution in [0.4, 0.5) is 0 Å². The molecule has 8 rings (SSSR count). The topological polar surface area (TPSA) is 6.48 Å². The second kappa shape index (κ2) is 6.08. The third kappa shape index (κ3) is 2.26. The summed E-state index contributed by atoms with van der Waals surface area (Å²) >= 11 is 0. The summed E-state index contributed by atoms with van der Waals surface area (Å²) in [6.07, 6.45) is 0.663. The van der Waals surface area contributed by atoms with Crippen molar-refractivity contribution in [3.05, 3.63) is 107 Å². The first-order valence-corrected chi connectivity index (χ1v) is 9.50. The molecule has 26 heavy (non-hydrogen) atoms. The van der Waals surface area contributed by atoms with E-state index in [2.05, 4.69) is 109 Å². The van der Waals surface area contributed by atoms with Crippen molar-refractivity contribution in [1.82, 2.24) is 9.80 Å². The highest BCUT2D eigenvalue weighted by Gasteiger charge is 2.53. The molecule has 0 spiro atoms. The summed E-state index contributed by atoms with van der Waals surface area (Å²) in [5, 5.41) is 0. The van der Waals surface area contributed by atoms with Crippen LogP contribution in [0, 0.1) is 0 Å². The summed E-state index contributed by atoms with van der Waals surface area (Å²) in [7, 11) is 0. The van der Waals surface area contributed by atoms with Gasteiger partial charge in [0.15, 0.2) is 0 Å².